The van der Waals surface area contributed by atoms with Crippen LogP contribution in [0.3, 0.4) is 0 Å². The molecular formula is C15H22N2O. The summed E-state index contributed by atoms with van der Waals surface area (Å²) in [6.07, 6.45) is 5.17. The van der Waals surface area contributed by atoms with E-state index in [0.29, 0.717) is 6.42 Å². The molecule has 1 heterocycles. The average molecular weight is 246 g/mol. The van der Waals surface area contributed by atoms with E-state index in [2.05, 4.69) is 0 Å². The van der Waals surface area contributed by atoms with Gasteiger partial charge in [0.05, 0.1) is 0 Å². The molecule has 0 aromatic heterocycles. The van der Waals surface area contributed by atoms with Gasteiger partial charge in [-0.15, -0.1) is 0 Å². The highest BCUT2D eigenvalue weighted by molar-refractivity contribution is 5.77. The van der Waals surface area contributed by atoms with Gasteiger partial charge in [-0.25, -0.2) is 0 Å². The molecular weight excluding hydrogens is 224 g/mol. The van der Waals surface area contributed by atoms with Gasteiger partial charge >= 0.3 is 0 Å². The number of nitrogens with zero attached hydrogens (tertiary/aromatic N) is 1. The molecule has 1 aliphatic heterocycles. The highest BCUT2D eigenvalue weighted by Crippen LogP contribution is 2.17. The molecule has 98 valence electrons. The normalized spacial score (nSPS) is 18.2. The number of amides is 1. The molecule has 2 rings (SSSR count). The van der Waals surface area contributed by atoms with Crippen molar-refractivity contribution in [3.05, 3.63) is 35.9 Å². The van der Waals surface area contributed by atoms with Crippen molar-refractivity contribution in [1.29, 1.82) is 0 Å². The Balaban J connectivity index is 1.90. The Hall–Kier alpha value is -1.35. The van der Waals surface area contributed by atoms with Gasteiger partial charge in [-0.1, -0.05) is 43.2 Å². The third kappa shape index (κ3) is 3.57. The van der Waals surface area contributed by atoms with Gasteiger partial charge in [0.15, 0.2) is 0 Å². The molecule has 1 aromatic rings. The number of carbonyl (C=O) groups excluding carboxylic acids is 1. The fourth-order valence-electron chi connectivity index (χ4n) is 2.46. The predicted molar refractivity (Wildman–Crippen MR) is 73.0 cm³/mol. The molecule has 1 atom stereocenters. The van der Waals surface area contributed by atoms with Crippen molar-refractivity contribution in [3.8, 4) is 0 Å². The molecule has 0 spiro atoms. The van der Waals surface area contributed by atoms with Crippen LogP contribution in [0, 0.1) is 0 Å². The first kappa shape index (κ1) is 13.1. The maximum absolute atomic E-state index is 12.2. The summed E-state index contributed by atoms with van der Waals surface area (Å²) in [6, 6.07) is 9.69. The van der Waals surface area contributed by atoms with E-state index in [4.69, 9.17) is 5.73 Å². The van der Waals surface area contributed by atoms with E-state index >= 15 is 0 Å². The molecule has 1 amide bonds. The minimum absolute atomic E-state index is 0.179. The zero-order chi connectivity index (χ0) is 12.8. The number of carbonyl (C=O) groups is 1. The SMILES string of the molecule is NC(CC(=O)N1CCCCCC1)c1ccccc1. The smallest absolute Gasteiger partial charge is 0.224 e. The predicted octanol–water partition coefficient (Wildman–Crippen LogP) is 2.48. The third-order valence-electron chi connectivity index (χ3n) is 3.58. The summed E-state index contributed by atoms with van der Waals surface area (Å²) in [6.45, 7) is 1.81. The van der Waals surface area contributed by atoms with E-state index in [1.807, 2.05) is 35.2 Å². The van der Waals surface area contributed by atoms with Gasteiger partial charge < -0.3 is 10.6 Å². The Kier molecular flexibility index (Phi) is 4.76. The third-order valence-corrected chi connectivity index (χ3v) is 3.58. The summed E-state index contributed by atoms with van der Waals surface area (Å²) >= 11 is 0. The maximum Gasteiger partial charge on any atom is 0.224 e. The van der Waals surface area contributed by atoms with Crippen LogP contribution in [0.15, 0.2) is 30.3 Å². The Labute approximate surface area is 109 Å². The molecule has 1 saturated heterocycles. The molecule has 2 N–H and O–H groups in total. The van der Waals surface area contributed by atoms with Crippen molar-refractivity contribution >= 4 is 5.91 Å². The second-order valence-electron chi connectivity index (χ2n) is 5.02. The van der Waals surface area contributed by atoms with Crippen molar-refractivity contribution < 1.29 is 4.79 Å². The van der Waals surface area contributed by atoms with Gasteiger partial charge in [-0.05, 0) is 18.4 Å². The standard InChI is InChI=1S/C15H22N2O/c16-14(13-8-4-3-5-9-13)12-15(18)17-10-6-1-2-7-11-17/h3-5,8-9,14H,1-2,6-7,10-12,16H2. The fourth-order valence-corrected chi connectivity index (χ4v) is 2.46. The highest BCUT2D eigenvalue weighted by Gasteiger charge is 2.18. The van der Waals surface area contributed by atoms with Gasteiger partial charge in [0.2, 0.25) is 5.91 Å². The molecule has 1 aromatic carbocycles. The van der Waals surface area contributed by atoms with E-state index < -0.39 is 0 Å². The quantitative estimate of drug-likeness (QED) is 0.890. The van der Waals surface area contributed by atoms with Gasteiger partial charge in [0.1, 0.15) is 0 Å². The molecule has 1 fully saturated rings. The summed E-state index contributed by atoms with van der Waals surface area (Å²) in [7, 11) is 0. The van der Waals surface area contributed by atoms with E-state index in [1.165, 1.54) is 12.8 Å². The largest absolute Gasteiger partial charge is 0.343 e. The zero-order valence-corrected chi connectivity index (χ0v) is 10.8. The Bertz CT molecular complexity index is 369. The Morgan fingerprint density at radius 1 is 1.11 bits per heavy atom. The molecule has 0 aliphatic carbocycles. The lowest BCUT2D eigenvalue weighted by molar-refractivity contribution is -0.131. The molecule has 0 radical (unpaired) electrons. The van der Waals surface area contributed by atoms with Crippen LogP contribution < -0.4 is 5.73 Å². The molecule has 0 bridgehead atoms. The van der Waals surface area contributed by atoms with Crippen LogP contribution in [0.5, 0.6) is 0 Å². The number of nitrogens with two attached hydrogens (primary N) is 1. The molecule has 1 unspecified atom stereocenters. The Morgan fingerprint density at radius 2 is 1.72 bits per heavy atom. The second-order valence-corrected chi connectivity index (χ2v) is 5.02. The monoisotopic (exact) mass is 246 g/mol. The van der Waals surface area contributed by atoms with E-state index in [1.54, 1.807) is 0 Å². The van der Waals surface area contributed by atoms with Crippen molar-refractivity contribution in [2.45, 2.75) is 38.1 Å². The number of benzene rings is 1. The number of likely N-dealkylation sites (tertiary alicyclic amines) is 1. The topological polar surface area (TPSA) is 46.3 Å². The summed E-state index contributed by atoms with van der Waals surface area (Å²) in [4.78, 5) is 14.2. The number of hydrogen-bond donors (Lipinski definition) is 1. The Morgan fingerprint density at radius 3 is 2.33 bits per heavy atom. The molecule has 3 heteroatoms. The summed E-state index contributed by atoms with van der Waals surface area (Å²) in [5.41, 5.74) is 7.14. The van der Waals surface area contributed by atoms with Crippen LogP contribution in [0.4, 0.5) is 0 Å². The van der Waals surface area contributed by atoms with Crippen LogP contribution in [-0.4, -0.2) is 23.9 Å². The first-order chi connectivity index (χ1) is 8.77. The fraction of sp³-hybridized carbons (Fsp3) is 0.533. The molecule has 0 saturated carbocycles. The minimum atomic E-state index is -0.179. The molecule has 18 heavy (non-hydrogen) atoms. The van der Waals surface area contributed by atoms with E-state index in [9.17, 15) is 4.79 Å². The van der Waals surface area contributed by atoms with Gasteiger partial charge in [0, 0.05) is 25.6 Å². The van der Waals surface area contributed by atoms with Gasteiger partial charge in [0.25, 0.3) is 0 Å². The van der Waals surface area contributed by atoms with E-state index in [-0.39, 0.29) is 11.9 Å². The molecule has 3 nitrogen and oxygen atoms in total. The average Bonchev–Trinajstić information content (AvgIpc) is 2.68. The van der Waals surface area contributed by atoms with Gasteiger partial charge in [-0.3, -0.25) is 4.79 Å². The van der Waals surface area contributed by atoms with Gasteiger partial charge in [-0.2, -0.15) is 0 Å². The second kappa shape index (κ2) is 6.55. The maximum atomic E-state index is 12.2. The van der Waals surface area contributed by atoms with Crippen LogP contribution in [-0.2, 0) is 4.79 Å². The van der Waals surface area contributed by atoms with Crippen molar-refractivity contribution in [2.24, 2.45) is 5.73 Å². The zero-order valence-electron chi connectivity index (χ0n) is 10.8. The first-order valence-corrected chi connectivity index (χ1v) is 6.85. The summed E-state index contributed by atoms with van der Waals surface area (Å²) in [5, 5.41) is 0. The lowest BCUT2D eigenvalue weighted by Gasteiger charge is -2.22. The molecule has 1 aliphatic rings. The van der Waals surface area contributed by atoms with Crippen LogP contribution >= 0.6 is 0 Å². The summed E-state index contributed by atoms with van der Waals surface area (Å²) < 4.78 is 0. The lowest BCUT2D eigenvalue weighted by Crippen LogP contribution is -2.34. The minimum Gasteiger partial charge on any atom is -0.343 e. The van der Waals surface area contributed by atoms with Crippen molar-refractivity contribution in [2.75, 3.05) is 13.1 Å². The number of hydrogen-bond acceptors (Lipinski definition) is 2. The summed E-state index contributed by atoms with van der Waals surface area (Å²) in [5.74, 6) is 0.202. The first-order valence-electron chi connectivity index (χ1n) is 6.85. The van der Waals surface area contributed by atoms with Crippen LogP contribution in [0.2, 0.25) is 0 Å². The van der Waals surface area contributed by atoms with Crippen molar-refractivity contribution in [1.82, 2.24) is 4.90 Å². The van der Waals surface area contributed by atoms with Crippen molar-refractivity contribution in [3.63, 3.8) is 0 Å². The highest BCUT2D eigenvalue weighted by atomic mass is 16.2. The van der Waals surface area contributed by atoms with Crippen LogP contribution in [0.1, 0.15) is 43.7 Å². The number of rotatable bonds is 3. The van der Waals surface area contributed by atoms with Crippen LogP contribution in [0.25, 0.3) is 0 Å². The van der Waals surface area contributed by atoms with E-state index in [0.717, 1.165) is 31.5 Å². The lowest BCUT2D eigenvalue weighted by atomic mass is 10.0.